The predicted octanol–water partition coefficient (Wildman–Crippen LogP) is 2.42. The molecule has 0 aliphatic heterocycles. The van der Waals surface area contributed by atoms with Crippen molar-refractivity contribution in [3.63, 3.8) is 0 Å². The van der Waals surface area contributed by atoms with E-state index in [0.717, 1.165) is 13.1 Å². The van der Waals surface area contributed by atoms with Gasteiger partial charge < -0.3 is 10.2 Å². The Hall–Kier alpha value is -0.860. The molecule has 0 spiro atoms. The number of nitrogens with zero attached hydrogens (tertiary/aromatic N) is 1. The van der Waals surface area contributed by atoms with Crippen molar-refractivity contribution in [2.24, 2.45) is 0 Å². The SMILES string of the molecule is CNC(C)(C)CN(C)Cc1ccc(C)cc1. The maximum absolute atomic E-state index is 3.33. The summed E-state index contributed by atoms with van der Waals surface area (Å²) in [5.74, 6) is 0. The molecule has 0 fully saturated rings. The molecule has 0 atom stereocenters. The van der Waals surface area contributed by atoms with Crippen molar-refractivity contribution >= 4 is 0 Å². The van der Waals surface area contributed by atoms with Gasteiger partial charge in [-0.15, -0.1) is 0 Å². The van der Waals surface area contributed by atoms with Gasteiger partial charge in [-0.3, -0.25) is 0 Å². The van der Waals surface area contributed by atoms with E-state index in [4.69, 9.17) is 0 Å². The van der Waals surface area contributed by atoms with Gasteiger partial charge >= 0.3 is 0 Å². The Balaban J connectivity index is 2.51. The molecule has 1 N–H and O–H groups in total. The predicted molar refractivity (Wildman–Crippen MR) is 70.7 cm³/mol. The minimum atomic E-state index is 0.166. The van der Waals surface area contributed by atoms with E-state index in [-0.39, 0.29) is 5.54 Å². The third kappa shape index (κ3) is 4.33. The summed E-state index contributed by atoms with van der Waals surface area (Å²) in [5, 5.41) is 3.33. The molecular weight excluding hydrogens is 196 g/mol. The Kier molecular flexibility index (Phi) is 4.51. The second-order valence-corrected chi connectivity index (χ2v) is 5.29. The molecular formula is C14H24N2. The van der Waals surface area contributed by atoms with Crippen LogP contribution in [0.4, 0.5) is 0 Å². The first-order chi connectivity index (χ1) is 7.43. The molecule has 0 saturated heterocycles. The summed E-state index contributed by atoms with van der Waals surface area (Å²) < 4.78 is 0. The second kappa shape index (κ2) is 5.46. The Morgan fingerprint density at radius 3 is 2.25 bits per heavy atom. The van der Waals surface area contributed by atoms with E-state index in [1.807, 2.05) is 7.05 Å². The summed E-state index contributed by atoms with van der Waals surface area (Å²) in [7, 11) is 4.18. The lowest BCUT2D eigenvalue weighted by Gasteiger charge is -2.30. The van der Waals surface area contributed by atoms with Crippen LogP contribution in [0, 0.1) is 6.92 Å². The molecule has 0 bridgehead atoms. The molecule has 0 amide bonds. The number of likely N-dealkylation sites (N-methyl/N-ethyl adjacent to an activating group) is 2. The molecule has 16 heavy (non-hydrogen) atoms. The molecule has 0 aliphatic rings. The molecule has 1 rings (SSSR count). The minimum Gasteiger partial charge on any atom is -0.314 e. The van der Waals surface area contributed by atoms with Gasteiger partial charge in [0.2, 0.25) is 0 Å². The zero-order valence-corrected chi connectivity index (χ0v) is 11.2. The van der Waals surface area contributed by atoms with Gasteiger partial charge in [-0.2, -0.15) is 0 Å². The van der Waals surface area contributed by atoms with E-state index in [2.05, 4.69) is 62.3 Å². The van der Waals surface area contributed by atoms with Crippen molar-refractivity contribution in [1.82, 2.24) is 10.2 Å². The van der Waals surface area contributed by atoms with E-state index in [1.165, 1.54) is 11.1 Å². The molecule has 2 nitrogen and oxygen atoms in total. The highest BCUT2D eigenvalue weighted by atomic mass is 15.1. The number of rotatable bonds is 5. The van der Waals surface area contributed by atoms with Gasteiger partial charge in [0, 0.05) is 18.6 Å². The van der Waals surface area contributed by atoms with E-state index in [1.54, 1.807) is 0 Å². The van der Waals surface area contributed by atoms with Gasteiger partial charge in [0.1, 0.15) is 0 Å². The Labute approximate surface area is 99.7 Å². The summed E-state index contributed by atoms with van der Waals surface area (Å²) in [5.41, 5.74) is 2.86. The van der Waals surface area contributed by atoms with Crippen molar-refractivity contribution < 1.29 is 0 Å². The van der Waals surface area contributed by atoms with Crippen molar-refractivity contribution in [2.45, 2.75) is 32.9 Å². The van der Waals surface area contributed by atoms with Crippen LogP contribution >= 0.6 is 0 Å². The third-order valence-electron chi connectivity index (χ3n) is 2.92. The fourth-order valence-corrected chi connectivity index (χ4v) is 1.81. The maximum Gasteiger partial charge on any atom is 0.0249 e. The van der Waals surface area contributed by atoms with Gasteiger partial charge in [-0.25, -0.2) is 0 Å². The number of benzene rings is 1. The molecule has 1 aromatic carbocycles. The fourth-order valence-electron chi connectivity index (χ4n) is 1.81. The first-order valence-corrected chi connectivity index (χ1v) is 5.86. The maximum atomic E-state index is 3.33. The first-order valence-electron chi connectivity index (χ1n) is 5.86. The smallest absolute Gasteiger partial charge is 0.0249 e. The van der Waals surface area contributed by atoms with Crippen LogP contribution in [-0.4, -0.2) is 31.1 Å². The highest BCUT2D eigenvalue weighted by Gasteiger charge is 2.16. The van der Waals surface area contributed by atoms with Gasteiger partial charge in [0.15, 0.2) is 0 Å². The van der Waals surface area contributed by atoms with Crippen molar-refractivity contribution in [3.8, 4) is 0 Å². The molecule has 0 unspecified atom stereocenters. The number of hydrogen-bond donors (Lipinski definition) is 1. The summed E-state index contributed by atoms with van der Waals surface area (Å²) in [6.07, 6.45) is 0. The monoisotopic (exact) mass is 220 g/mol. The molecule has 90 valence electrons. The van der Waals surface area contributed by atoms with Crippen LogP contribution in [0.25, 0.3) is 0 Å². The average Bonchev–Trinajstić information content (AvgIpc) is 2.21. The lowest BCUT2D eigenvalue weighted by atomic mass is 10.1. The van der Waals surface area contributed by atoms with E-state index in [0.29, 0.717) is 0 Å². The molecule has 2 heteroatoms. The van der Waals surface area contributed by atoms with Crippen LogP contribution < -0.4 is 5.32 Å². The number of hydrogen-bond acceptors (Lipinski definition) is 2. The van der Waals surface area contributed by atoms with Crippen molar-refractivity contribution in [1.29, 1.82) is 0 Å². The van der Waals surface area contributed by atoms with Gasteiger partial charge in [-0.1, -0.05) is 29.8 Å². The van der Waals surface area contributed by atoms with Crippen molar-refractivity contribution in [2.75, 3.05) is 20.6 Å². The summed E-state index contributed by atoms with van der Waals surface area (Å²) in [6, 6.07) is 8.76. The van der Waals surface area contributed by atoms with E-state index >= 15 is 0 Å². The van der Waals surface area contributed by atoms with Gasteiger partial charge in [0.05, 0.1) is 0 Å². The molecule has 0 saturated carbocycles. The topological polar surface area (TPSA) is 15.3 Å². The van der Waals surface area contributed by atoms with Crippen molar-refractivity contribution in [3.05, 3.63) is 35.4 Å². The quantitative estimate of drug-likeness (QED) is 0.820. The Morgan fingerprint density at radius 2 is 1.75 bits per heavy atom. The van der Waals surface area contributed by atoms with E-state index in [9.17, 15) is 0 Å². The van der Waals surface area contributed by atoms with Gasteiger partial charge in [-0.05, 0) is 40.4 Å². The highest BCUT2D eigenvalue weighted by Crippen LogP contribution is 2.09. The third-order valence-corrected chi connectivity index (χ3v) is 2.92. The van der Waals surface area contributed by atoms with Crippen LogP contribution in [0.5, 0.6) is 0 Å². The molecule has 0 radical (unpaired) electrons. The van der Waals surface area contributed by atoms with E-state index < -0.39 is 0 Å². The summed E-state index contributed by atoms with van der Waals surface area (Å²) in [6.45, 7) is 8.61. The fraction of sp³-hybridized carbons (Fsp3) is 0.571. The molecule has 0 aromatic heterocycles. The van der Waals surface area contributed by atoms with Crippen LogP contribution in [0.2, 0.25) is 0 Å². The number of nitrogens with one attached hydrogen (secondary N) is 1. The van der Waals surface area contributed by atoms with Gasteiger partial charge in [0.25, 0.3) is 0 Å². The lowest BCUT2D eigenvalue weighted by Crippen LogP contribution is -2.46. The van der Waals surface area contributed by atoms with Crippen LogP contribution in [0.15, 0.2) is 24.3 Å². The Morgan fingerprint density at radius 1 is 1.19 bits per heavy atom. The summed E-state index contributed by atoms with van der Waals surface area (Å²) >= 11 is 0. The minimum absolute atomic E-state index is 0.166. The lowest BCUT2D eigenvalue weighted by molar-refractivity contribution is 0.238. The molecule has 0 aliphatic carbocycles. The molecule has 1 aromatic rings. The second-order valence-electron chi connectivity index (χ2n) is 5.29. The van der Waals surface area contributed by atoms with Crippen LogP contribution in [-0.2, 0) is 6.54 Å². The zero-order chi connectivity index (χ0) is 12.2. The first kappa shape index (κ1) is 13.2. The normalized spacial score (nSPS) is 12.1. The highest BCUT2D eigenvalue weighted by molar-refractivity contribution is 5.21. The molecule has 0 heterocycles. The van der Waals surface area contributed by atoms with Crippen LogP contribution in [0.1, 0.15) is 25.0 Å². The zero-order valence-electron chi connectivity index (χ0n) is 11.2. The van der Waals surface area contributed by atoms with Crippen LogP contribution in [0.3, 0.4) is 0 Å². The summed E-state index contributed by atoms with van der Waals surface area (Å²) in [4.78, 5) is 2.35. The largest absolute Gasteiger partial charge is 0.314 e. The average molecular weight is 220 g/mol. The Bertz CT molecular complexity index is 314. The number of aryl methyl sites for hydroxylation is 1. The standard InChI is InChI=1S/C14H24N2/c1-12-6-8-13(9-7-12)10-16(5)11-14(2,3)15-4/h6-9,15H,10-11H2,1-5H3.